The van der Waals surface area contributed by atoms with Gasteiger partial charge in [-0.25, -0.2) is 0 Å². The number of nitrogens with one attached hydrogen (secondary N) is 3. The number of rotatable bonds is 5. The predicted molar refractivity (Wildman–Crippen MR) is 120 cm³/mol. The first kappa shape index (κ1) is 18.6. The van der Waals surface area contributed by atoms with E-state index in [2.05, 4.69) is 58.1 Å². The van der Waals surface area contributed by atoms with Gasteiger partial charge in [0.05, 0.1) is 6.04 Å². The largest absolute Gasteiger partial charge is 0.357 e. The summed E-state index contributed by atoms with van der Waals surface area (Å²) < 4.78 is 0. The SMILES string of the molecule is O=C(NCC(c1ccccc1)c1ccccc1)[C@H]1Cc2c([nH]c3ccccc23)CN1. The van der Waals surface area contributed by atoms with Gasteiger partial charge >= 0.3 is 0 Å². The molecule has 4 heteroatoms. The molecule has 3 N–H and O–H groups in total. The summed E-state index contributed by atoms with van der Waals surface area (Å²) in [6, 6.07) is 28.8. The first-order valence-electron chi connectivity index (χ1n) is 10.5. The lowest BCUT2D eigenvalue weighted by molar-refractivity contribution is -0.123. The van der Waals surface area contributed by atoms with Crippen molar-refractivity contribution < 1.29 is 4.79 Å². The molecule has 1 aromatic heterocycles. The molecular weight excluding hydrogens is 370 g/mol. The van der Waals surface area contributed by atoms with Gasteiger partial charge in [-0.2, -0.15) is 0 Å². The molecule has 30 heavy (non-hydrogen) atoms. The Balaban J connectivity index is 1.32. The Labute approximate surface area is 176 Å². The molecule has 4 aromatic rings. The van der Waals surface area contributed by atoms with Crippen LogP contribution in [0, 0.1) is 0 Å². The number of hydrogen-bond donors (Lipinski definition) is 3. The highest BCUT2D eigenvalue weighted by Gasteiger charge is 2.27. The van der Waals surface area contributed by atoms with E-state index in [9.17, 15) is 4.79 Å². The van der Waals surface area contributed by atoms with E-state index in [1.54, 1.807) is 0 Å². The molecule has 1 amide bonds. The van der Waals surface area contributed by atoms with Crippen LogP contribution in [0.3, 0.4) is 0 Å². The molecule has 4 nitrogen and oxygen atoms in total. The van der Waals surface area contributed by atoms with E-state index in [0.717, 1.165) is 5.52 Å². The highest BCUT2D eigenvalue weighted by atomic mass is 16.2. The normalized spacial score (nSPS) is 15.8. The molecule has 2 heterocycles. The smallest absolute Gasteiger partial charge is 0.237 e. The van der Waals surface area contributed by atoms with Gasteiger partial charge in [0.2, 0.25) is 5.91 Å². The fourth-order valence-electron chi connectivity index (χ4n) is 4.45. The fourth-order valence-corrected chi connectivity index (χ4v) is 4.45. The number of fused-ring (bicyclic) bond motifs is 3. The number of para-hydroxylation sites is 1. The van der Waals surface area contributed by atoms with Crippen molar-refractivity contribution in [1.82, 2.24) is 15.6 Å². The molecule has 150 valence electrons. The molecule has 0 fully saturated rings. The van der Waals surface area contributed by atoms with Crippen LogP contribution in [0.4, 0.5) is 0 Å². The van der Waals surface area contributed by atoms with Crippen molar-refractivity contribution in [3.63, 3.8) is 0 Å². The van der Waals surface area contributed by atoms with Crippen LogP contribution >= 0.6 is 0 Å². The third-order valence-electron chi connectivity index (χ3n) is 6.04. The van der Waals surface area contributed by atoms with Gasteiger partial charge in [-0.3, -0.25) is 10.1 Å². The summed E-state index contributed by atoms with van der Waals surface area (Å²) in [6.45, 7) is 1.26. The Hall–Kier alpha value is -3.37. The second-order valence-electron chi connectivity index (χ2n) is 7.88. The summed E-state index contributed by atoms with van der Waals surface area (Å²) in [5, 5.41) is 7.83. The highest BCUT2D eigenvalue weighted by molar-refractivity contribution is 5.88. The molecule has 1 atom stereocenters. The number of amides is 1. The van der Waals surface area contributed by atoms with E-state index in [0.29, 0.717) is 19.5 Å². The maximum atomic E-state index is 13.0. The number of H-pyrrole nitrogens is 1. The fraction of sp³-hybridized carbons (Fsp3) is 0.192. The summed E-state index contributed by atoms with van der Waals surface area (Å²) >= 11 is 0. The van der Waals surface area contributed by atoms with Gasteiger partial charge in [0.25, 0.3) is 0 Å². The Morgan fingerprint density at radius 3 is 2.23 bits per heavy atom. The third kappa shape index (κ3) is 3.62. The van der Waals surface area contributed by atoms with E-state index in [1.807, 2.05) is 42.5 Å². The minimum atomic E-state index is -0.219. The lowest BCUT2D eigenvalue weighted by Gasteiger charge is -2.25. The van der Waals surface area contributed by atoms with Crippen LogP contribution in [-0.4, -0.2) is 23.5 Å². The summed E-state index contributed by atoms with van der Waals surface area (Å²) in [5.41, 5.74) is 6.00. The van der Waals surface area contributed by atoms with Crippen LogP contribution in [0.1, 0.15) is 28.3 Å². The van der Waals surface area contributed by atoms with Crippen LogP contribution in [0.2, 0.25) is 0 Å². The molecule has 3 aromatic carbocycles. The molecule has 0 bridgehead atoms. The van der Waals surface area contributed by atoms with Gasteiger partial charge in [0, 0.05) is 35.6 Å². The van der Waals surface area contributed by atoms with Crippen molar-refractivity contribution in [1.29, 1.82) is 0 Å². The lowest BCUT2D eigenvalue weighted by atomic mass is 9.91. The monoisotopic (exact) mass is 395 g/mol. The van der Waals surface area contributed by atoms with E-state index in [1.165, 1.54) is 27.8 Å². The molecule has 0 spiro atoms. The highest BCUT2D eigenvalue weighted by Crippen LogP contribution is 2.27. The second kappa shape index (κ2) is 8.17. The van der Waals surface area contributed by atoms with E-state index in [-0.39, 0.29) is 17.9 Å². The Kier molecular flexibility index (Phi) is 5.08. The molecule has 0 saturated carbocycles. The number of carbonyl (C=O) groups is 1. The summed E-state index contributed by atoms with van der Waals surface area (Å²) in [7, 11) is 0. The van der Waals surface area contributed by atoms with Gasteiger partial charge in [0.15, 0.2) is 0 Å². The van der Waals surface area contributed by atoms with Crippen molar-refractivity contribution in [3.05, 3.63) is 107 Å². The summed E-state index contributed by atoms with van der Waals surface area (Å²) in [5.74, 6) is 0.186. The Morgan fingerprint density at radius 2 is 1.53 bits per heavy atom. The summed E-state index contributed by atoms with van der Waals surface area (Å²) in [4.78, 5) is 16.5. The summed E-state index contributed by atoms with van der Waals surface area (Å²) in [6.07, 6.45) is 0.701. The number of aromatic nitrogens is 1. The zero-order valence-electron chi connectivity index (χ0n) is 16.8. The molecule has 1 aliphatic heterocycles. The van der Waals surface area contributed by atoms with Gasteiger partial charge in [-0.15, -0.1) is 0 Å². The van der Waals surface area contributed by atoms with Crippen LogP contribution in [0.5, 0.6) is 0 Å². The van der Waals surface area contributed by atoms with Gasteiger partial charge in [0.1, 0.15) is 0 Å². The average Bonchev–Trinajstić information content (AvgIpc) is 3.18. The van der Waals surface area contributed by atoms with E-state index < -0.39 is 0 Å². The standard InChI is InChI=1S/C26H25N3O/c30-26(24-15-21-20-13-7-8-14-23(20)29-25(21)17-27-24)28-16-22(18-9-3-1-4-10-18)19-11-5-2-6-12-19/h1-14,22,24,27,29H,15-17H2,(H,28,30)/t24-/m1/s1. The van der Waals surface area contributed by atoms with Crippen molar-refractivity contribution in [2.45, 2.75) is 24.9 Å². The molecule has 1 aliphatic rings. The van der Waals surface area contributed by atoms with Crippen molar-refractivity contribution in [3.8, 4) is 0 Å². The maximum Gasteiger partial charge on any atom is 0.237 e. The number of aromatic amines is 1. The molecule has 5 rings (SSSR count). The Morgan fingerprint density at radius 1 is 0.900 bits per heavy atom. The maximum absolute atomic E-state index is 13.0. The molecule has 0 unspecified atom stereocenters. The van der Waals surface area contributed by atoms with Gasteiger partial charge in [-0.1, -0.05) is 78.9 Å². The average molecular weight is 396 g/mol. The second-order valence-corrected chi connectivity index (χ2v) is 7.88. The quantitative estimate of drug-likeness (QED) is 0.476. The molecule has 0 aliphatic carbocycles. The van der Waals surface area contributed by atoms with Crippen molar-refractivity contribution >= 4 is 16.8 Å². The van der Waals surface area contributed by atoms with E-state index >= 15 is 0 Å². The van der Waals surface area contributed by atoms with Crippen molar-refractivity contribution in [2.24, 2.45) is 0 Å². The molecular formula is C26H25N3O. The first-order valence-corrected chi connectivity index (χ1v) is 10.5. The van der Waals surface area contributed by atoms with Crippen LogP contribution in [-0.2, 0) is 17.8 Å². The van der Waals surface area contributed by atoms with Crippen LogP contribution in [0.25, 0.3) is 10.9 Å². The lowest BCUT2D eigenvalue weighted by Crippen LogP contribution is -2.48. The first-order chi connectivity index (χ1) is 14.8. The van der Waals surface area contributed by atoms with Crippen LogP contribution in [0.15, 0.2) is 84.9 Å². The minimum Gasteiger partial charge on any atom is -0.357 e. The van der Waals surface area contributed by atoms with Crippen LogP contribution < -0.4 is 10.6 Å². The van der Waals surface area contributed by atoms with Gasteiger partial charge < -0.3 is 10.3 Å². The minimum absolute atomic E-state index is 0.0581. The number of carbonyl (C=O) groups excluding carboxylic acids is 1. The topological polar surface area (TPSA) is 56.9 Å². The zero-order chi connectivity index (χ0) is 20.3. The van der Waals surface area contributed by atoms with Crippen molar-refractivity contribution in [2.75, 3.05) is 6.54 Å². The third-order valence-corrected chi connectivity index (χ3v) is 6.04. The van der Waals surface area contributed by atoms with Gasteiger partial charge in [-0.05, 0) is 29.2 Å². The number of hydrogen-bond acceptors (Lipinski definition) is 2. The Bertz CT molecular complexity index is 1110. The zero-order valence-corrected chi connectivity index (χ0v) is 16.8. The predicted octanol–water partition coefficient (Wildman–Crippen LogP) is 4.13. The van der Waals surface area contributed by atoms with E-state index in [4.69, 9.17) is 0 Å². The molecule has 0 radical (unpaired) electrons. The number of benzene rings is 3. The molecule has 0 saturated heterocycles.